The van der Waals surface area contributed by atoms with Crippen LogP contribution in [-0.2, 0) is 15.9 Å². The van der Waals surface area contributed by atoms with E-state index in [4.69, 9.17) is 16.2 Å². The lowest BCUT2D eigenvalue weighted by atomic mass is 9.90. The van der Waals surface area contributed by atoms with Crippen molar-refractivity contribution < 1.29 is 14.6 Å². The van der Waals surface area contributed by atoms with Crippen molar-refractivity contribution in [1.29, 1.82) is 0 Å². The van der Waals surface area contributed by atoms with Crippen LogP contribution in [0.15, 0.2) is 24.4 Å². The maximum Gasteiger partial charge on any atom is 0.254 e. The summed E-state index contributed by atoms with van der Waals surface area (Å²) in [4.78, 5) is 23.0. The Labute approximate surface area is 189 Å². The fraction of sp³-hybridized carbons (Fsp3) is 0.522. The third-order valence-corrected chi connectivity index (χ3v) is 5.89. The predicted molar refractivity (Wildman–Crippen MR) is 125 cm³/mol. The SMILES string of the molecule is COC(C)(C)c1cc(Nc2nc(N3CCCC(N)C3)ncc2C(N)=O)cc(C(C)(C)O)c1. The van der Waals surface area contributed by atoms with Gasteiger partial charge < -0.3 is 31.5 Å². The van der Waals surface area contributed by atoms with Gasteiger partial charge in [0.2, 0.25) is 5.95 Å². The number of nitrogens with zero attached hydrogens (tertiary/aromatic N) is 3. The molecule has 1 amide bonds. The highest BCUT2D eigenvalue weighted by Crippen LogP contribution is 2.33. The number of nitrogens with one attached hydrogen (secondary N) is 1. The average molecular weight is 443 g/mol. The predicted octanol–water partition coefficient (Wildman–Crippen LogP) is 2.36. The smallest absolute Gasteiger partial charge is 0.254 e. The van der Waals surface area contributed by atoms with E-state index in [9.17, 15) is 9.90 Å². The molecule has 1 fully saturated rings. The van der Waals surface area contributed by atoms with Gasteiger partial charge in [-0.3, -0.25) is 4.79 Å². The number of hydrogen-bond acceptors (Lipinski definition) is 8. The minimum atomic E-state index is -1.08. The number of benzene rings is 1. The summed E-state index contributed by atoms with van der Waals surface area (Å²) < 4.78 is 5.64. The first-order valence-corrected chi connectivity index (χ1v) is 10.8. The van der Waals surface area contributed by atoms with Crippen LogP contribution in [0.2, 0.25) is 0 Å². The van der Waals surface area contributed by atoms with Gasteiger partial charge in [-0.05, 0) is 69.9 Å². The zero-order chi connectivity index (χ0) is 23.7. The van der Waals surface area contributed by atoms with Gasteiger partial charge >= 0.3 is 0 Å². The monoisotopic (exact) mass is 442 g/mol. The highest BCUT2D eigenvalue weighted by atomic mass is 16.5. The second-order valence-electron chi connectivity index (χ2n) is 9.34. The number of carbonyl (C=O) groups is 1. The molecular formula is C23H34N6O3. The minimum absolute atomic E-state index is 0.0573. The third kappa shape index (κ3) is 5.35. The fourth-order valence-corrected chi connectivity index (χ4v) is 3.65. The maximum atomic E-state index is 12.1. The van der Waals surface area contributed by atoms with Crippen LogP contribution in [0.1, 0.15) is 62.0 Å². The number of hydrogen-bond donors (Lipinski definition) is 4. The van der Waals surface area contributed by atoms with E-state index in [1.807, 2.05) is 36.9 Å². The number of rotatable bonds is 7. The Bertz CT molecular complexity index is 986. The van der Waals surface area contributed by atoms with Crippen molar-refractivity contribution in [2.45, 2.75) is 57.8 Å². The number of piperidine rings is 1. The average Bonchev–Trinajstić information content (AvgIpc) is 2.72. The van der Waals surface area contributed by atoms with E-state index in [1.54, 1.807) is 21.0 Å². The van der Waals surface area contributed by atoms with Gasteiger partial charge in [0.05, 0.1) is 11.2 Å². The molecule has 2 aromatic rings. The van der Waals surface area contributed by atoms with E-state index in [2.05, 4.69) is 15.3 Å². The van der Waals surface area contributed by atoms with Crippen molar-refractivity contribution in [3.63, 3.8) is 0 Å². The lowest BCUT2D eigenvalue weighted by molar-refractivity contribution is 0.0186. The molecule has 2 heterocycles. The molecule has 1 atom stereocenters. The molecule has 9 heteroatoms. The summed E-state index contributed by atoms with van der Waals surface area (Å²) >= 11 is 0. The summed E-state index contributed by atoms with van der Waals surface area (Å²) in [6.45, 7) is 8.76. The van der Waals surface area contributed by atoms with Gasteiger partial charge in [-0.2, -0.15) is 4.98 Å². The Balaban J connectivity index is 2.05. The molecule has 9 nitrogen and oxygen atoms in total. The Hall–Kier alpha value is -2.75. The van der Waals surface area contributed by atoms with E-state index in [-0.39, 0.29) is 11.6 Å². The summed E-state index contributed by atoms with van der Waals surface area (Å²) in [5.41, 5.74) is 12.4. The number of primary amides is 1. The highest BCUT2D eigenvalue weighted by Gasteiger charge is 2.26. The van der Waals surface area contributed by atoms with Gasteiger partial charge in [0, 0.05) is 38.1 Å². The van der Waals surface area contributed by atoms with Crippen LogP contribution in [-0.4, -0.2) is 47.2 Å². The van der Waals surface area contributed by atoms with Crippen LogP contribution >= 0.6 is 0 Å². The molecule has 1 aliphatic rings. The summed E-state index contributed by atoms with van der Waals surface area (Å²) in [6, 6.07) is 5.69. The fourth-order valence-electron chi connectivity index (χ4n) is 3.65. The van der Waals surface area contributed by atoms with Crippen LogP contribution in [0, 0.1) is 0 Å². The van der Waals surface area contributed by atoms with Crippen molar-refractivity contribution in [2.75, 3.05) is 30.4 Å². The van der Waals surface area contributed by atoms with Crippen LogP contribution in [0.25, 0.3) is 0 Å². The van der Waals surface area contributed by atoms with Gasteiger partial charge in [-0.25, -0.2) is 4.98 Å². The molecule has 1 aliphatic heterocycles. The van der Waals surface area contributed by atoms with Gasteiger partial charge in [0.1, 0.15) is 11.4 Å². The van der Waals surface area contributed by atoms with Gasteiger partial charge in [0.25, 0.3) is 5.91 Å². The topological polar surface area (TPSA) is 140 Å². The molecule has 3 rings (SSSR count). The summed E-state index contributed by atoms with van der Waals surface area (Å²) in [7, 11) is 1.63. The largest absolute Gasteiger partial charge is 0.386 e. The zero-order valence-electron chi connectivity index (χ0n) is 19.5. The van der Waals surface area contributed by atoms with E-state index < -0.39 is 17.1 Å². The lowest BCUT2D eigenvalue weighted by Gasteiger charge is -2.31. The van der Waals surface area contributed by atoms with Gasteiger partial charge in [-0.15, -0.1) is 0 Å². The standard InChI is InChI=1S/C23H34N6O3/c1-22(2,31)14-9-15(23(3,4)32-5)11-17(10-14)27-20-18(19(25)30)12-26-21(28-20)29-8-6-7-16(24)13-29/h9-12,16,31H,6-8,13,24H2,1-5H3,(H2,25,30)(H,26,27,28). The number of nitrogens with two attached hydrogens (primary N) is 2. The summed E-state index contributed by atoms with van der Waals surface area (Å²) in [6.07, 6.45) is 3.35. The van der Waals surface area contributed by atoms with E-state index in [0.29, 0.717) is 29.6 Å². The number of aromatic nitrogens is 2. The maximum absolute atomic E-state index is 12.1. The Kier molecular flexibility index (Phi) is 6.73. The molecule has 1 aromatic carbocycles. The molecule has 1 unspecified atom stereocenters. The van der Waals surface area contributed by atoms with Gasteiger partial charge in [-0.1, -0.05) is 0 Å². The number of amides is 1. The zero-order valence-corrected chi connectivity index (χ0v) is 19.5. The first kappa shape index (κ1) is 23.9. The quantitative estimate of drug-likeness (QED) is 0.512. The third-order valence-electron chi connectivity index (χ3n) is 5.89. The van der Waals surface area contributed by atoms with E-state index in [0.717, 1.165) is 24.9 Å². The van der Waals surface area contributed by atoms with Crippen LogP contribution in [0.5, 0.6) is 0 Å². The second kappa shape index (κ2) is 9.01. The lowest BCUT2D eigenvalue weighted by Crippen LogP contribution is -2.43. The molecule has 1 aromatic heterocycles. The first-order valence-electron chi connectivity index (χ1n) is 10.8. The van der Waals surface area contributed by atoms with E-state index in [1.165, 1.54) is 6.20 Å². The Morgan fingerprint density at radius 3 is 2.53 bits per heavy atom. The molecule has 0 bridgehead atoms. The summed E-state index contributed by atoms with van der Waals surface area (Å²) in [5, 5.41) is 13.9. The molecule has 1 saturated heterocycles. The molecule has 0 radical (unpaired) electrons. The number of methoxy groups -OCH3 is 1. The number of aliphatic hydroxyl groups is 1. The molecular weight excluding hydrogens is 408 g/mol. The minimum Gasteiger partial charge on any atom is -0.386 e. The van der Waals surface area contributed by atoms with Crippen molar-refractivity contribution in [3.05, 3.63) is 41.1 Å². The van der Waals surface area contributed by atoms with Gasteiger partial charge in [0.15, 0.2) is 0 Å². The van der Waals surface area contributed by atoms with Crippen molar-refractivity contribution in [1.82, 2.24) is 9.97 Å². The second-order valence-corrected chi connectivity index (χ2v) is 9.34. The molecule has 32 heavy (non-hydrogen) atoms. The highest BCUT2D eigenvalue weighted by molar-refractivity contribution is 5.98. The molecule has 0 aliphatic carbocycles. The Morgan fingerprint density at radius 1 is 1.25 bits per heavy atom. The first-order chi connectivity index (χ1) is 14.9. The summed E-state index contributed by atoms with van der Waals surface area (Å²) in [5.74, 6) is 0.157. The number of anilines is 3. The van der Waals surface area contributed by atoms with Crippen molar-refractivity contribution in [3.8, 4) is 0 Å². The van der Waals surface area contributed by atoms with E-state index >= 15 is 0 Å². The molecule has 6 N–H and O–H groups in total. The number of carbonyl (C=O) groups excluding carboxylic acids is 1. The Morgan fingerprint density at radius 2 is 1.94 bits per heavy atom. The number of ether oxygens (including phenoxy) is 1. The van der Waals surface area contributed by atoms with Crippen LogP contribution < -0.4 is 21.7 Å². The normalized spacial score (nSPS) is 17.3. The molecule has 174 valence electrons. The van der Waals surface area contributed by atoms with Crippen LogP contribution in [0.3, 0.4) is 0 Å². The molecule has 0 saturated carbocycles. The molecule has 0 spiro atoms. The van der Waals surface area contributed by atoms with Crippen molar-refractivity contribution in [2.24, 2.45) is 11.5 Å². The van der Waals surface area contributed by atoms with Crippen molar-refractivity contribution >= 4 is 23.4 Å². The van der Waals surface area contributed by atoms with Crippen LogP contribution in [0.4, 0.5) is 17.5 Å².